The van der Waals surface area contributed by atoms with Crippen molar-refractivity contribution in [3.05, 3.63) is 30.0 Å². The Kier molecular flexibility index (Phi) is 3.50. The molecule has 0 aliphatic heterocycles. The van der Waals surface area contributed by atoms with E-state index in [0.29, 0.717) is 5.88 Å². The number of aryl methyl sites for hydroxylation is 1. The highest BCUT2D eigenvalue weighted by Gasteiger charge is 2.32. The Morgan fingerprint density at radius 3 is 2.79 bits per heavy atom. The van der Waals surface area contributed by atoms with Crippen molar-refractivity contribution < 1.29 is 0 Å². The van der Waals surface area contributed by atoms with Gasteiger partial charge in [0.25, 0.3) is 0 Å². The Balaban J connectivity index is 1.82. The monoisotopic (exact) mass is 277 g/mol. The van der Waals surface area contributed by atoms with Crippen LogP contribution in [0.15, 0.2) is 24.3 Å². The van der Waals surface area contributed by atoms with Crippen LogP contribution < -0.4 is 5.32 Å². The van der Waals surface area contributed by atoms with Gasteiger partial charge >= 0.3 is 0 Å². The molecule has 0 atom stereocenters. The highest BCUT2D eigenvalue weighted by molar-refractivity contribution is 6.18. The molecule has 1 aliphatic carbocycles. The second kappa shape index (κ2) is 5.14. The Bertz CT molecular complexity index is 570. The van der Waals surface area contributed by atoms with Crippen molar-refractivity contribution in [3.8, 4) is 0 Å². The van der Waals surface area contributed by atoms with E-state index < -0.39 is 0 Å². The van der Waals surface area contributed by atoms with Crippen molar-refractivity contribution in [2.75, 3.05) is 5.88 Å². The maximum atomic E-state index is 6.17. The first kappa shape index (κ1) is 12.9. The lowest BCUT2D eigenvalue weighted by molar-refractivity contribution is 0.365. The standard InChI is InChI=1S/C15H20ClN3/c1-19-14-7-3-2-6-12(14)13(18-19)10-17-15(11-16)8-4-5-9-15/h2-3,6-7,17H,4-5,8-11H2,1H3. The number of aromatic nitrogens is 2. The lowest BCUT2D eigenvalue weighted by Crippen LogP contribution is -2.44. The van der Waals surface area contributed by atoms with Crippen molar-refractivity contribution in [1.29, 1.82) is 0 Å². The molecule has 4 heteroatoms. The molecule has 1 saturated carbocycles. The van der Waals surface area contributed by atoms with E-state index in [1.165, 1.54) is 36.6 Å². The van der Waals surface area contributed by atoms with Crippen LogP contribution in [0.3, 0.4) is 0 Å². The number of alkyl halides is 1. The van der Waals surface area contributed by atoms with Gasteiger partial charge in [-0.05, 0) is 18.9 Å². The van der Waals surface area contributed by atoms with Crippen molar-refractivity contribution in [2.45, 2.75) is 37.8 Å². The summed E-state index contributed by atoms with van der Waals surface area (Å²) in [4.78, 5) is 0. The molecule has 1 heterocycles. The Morgan fingerprint density at radius 1 is 1.32 bits per heavy atom. The van der Waals surface area contributed by atoms with E-state index >= 15 is 0 Å². The van der Waals surface area contributed by atoms with Crippen molar-refractivity contribution in [3.63, 3.8) is 0 Å². The summed E-state index contributed by atoms with van der Waals surface area (Å²) in [5.41, 5.74) is 2.43. The first-order chi connectivity index (χ1) is 9.24. The van der Waals surface area contributed by atoms with Crippen LogP contribution in [0.5, 0.6) is 0 Å². The molecule has 19 heavy (non-hydrogen) atoms. The predicted octanol–water partition coefficient (Wildman–Crippen LogP) is 3.21. The van der Waals surface area contributed by atoms with Gasteiger partial charge < -0.3 is 5.32 Å². The number of rotatable bonds is 4. The summed E-state index contributed by atoms with van der Waals surface area (Å²) < 4.78 is 1.95. The molecule has 0 bridgehead atoms. The van der Waals surface area contributed by atoms with Crippen LogP contribution in [0, 0.1) is 0 Å². The number of benzene rings is 1. The van der Waals surface area contributed by atoms with Crippen LogP contribution in [0.2, 0.25) is 0 Å². The SMILES string of the molecule is Cn1nc(CNC2(CCl)CCCC2)c2ccccc21. The summed E-state index contributed by atoms with van der Waals surface area (Å²) in [7, 11) is 2.00. The van der Waals surface area contributed by atoms with Gasteiger partial charge in [0, 0.05) is 30.4 Å². The summed E-state index contributed by atoms with van der Waals surface area (Å²) >= 11 is 6.17. The molecule has 0 spiro atoms. The first-order valence-corrected chi connectivity index (χ1v) is 7.49. The smallest absolute Gasteiger partial charge is 0.0841 e. The fourth-order valence-electron chi connectivity index (χ4n) is 3.10. The fourth-order valence-corrected chi connectivity index (χ4v) is 3.46. The van der Waals surface area contributed by atoms with E-state index in [-0.39, 0.29) is 5.54 Å². The average molecular weight is 278 g/mol. The van der Waals surface area contributed by atoms with Crippen LogP contribution in [0.1, 0.15) is 31.4 Å². The number of nitrogens with zero attached hydrogens (tertiary/aromatic N) is 2. The van der Waals surface area contributed by atoms with Crippen LogP contribution in [0.25, 0.3) is 10.9 Å². The number of para-hydroxylation sites is 1. The van der Waals surface area contributed by atoms with Gasteiger partial charge in [0.05, 0.1) is 11.2 Å². The maximum Gasteiger partial charge on any atom is 0.0841 e. The molecule has 1 N–H and O–H groups in total. The third-order valence-corrected chi connectivity index (χ3v) is 4.79. The van der Waals surface area contributed by atoms with Crippen LogP contribution >= 0.6 is 11.6 Å². The van der Waals surface area contributed by atoms with E-state index in [2.05, 4.69) is 34.7 Å². The number of hydrogen-bond acceptors (Lipinski definition) is 2. The number of hydrogen-bond donors (Lipinski definition) is 1. The van der Waals surface area contributed by atoms with Gasteiger partial charge in [0.15, 0.2) is 0 Å². The molecule has 102 valence electrons. The summed E-state index contributed by atoms with van der Waals surface area (Å²) in [5.74, 6) is 0.692. The van der Waals surface area contributed by atoms with Crippen molar-refractivity contribution >= 4 is 22.5 Å². The average Bonchev–Trinajstić information content (AvgIpc) is 3.03. The predicted molar refractivity (Wildman–Crippen MR) is 79.5 cm³/mol. The highest BCUT2D eigenvalue weighted by Crippen LogP contribution is 2.31. The zero-order valence-corrected chi connectivity index (χ0v) is 12.1. The second-order valence-electron chi connectivity index (χ2n) is 5.56. The molecular weight excluding hydrogens is 258 g/mol. The van der Waals surface area contributed by atoms with E-state index in [1.807, 2.05) is 11.7 Å². The quantitative estimate of drug-likeness (QED) is 0.870. The van der Waals surface area contributed by atoms with E-state index in [0.717, 1.165) is 12.2 Å². The highest BCUT2D eigenvalue weighted by atomic mass is 35.5. The van der Waals surface area contributed by atoms with E-state index in [9.17, 15) is 0 Å². The Morgan fingerprint density at radius 2 is 2.05 bits per heavy atom. The van der Waals surface area contributed by atoms with Gasteiger partial charge in [-0.3, -0.25) is 4.68 Å². The lowest BCUT2D eigenvalue weighted by Gasteiger charge is -2.27. The molecule has 0 unspecified atom stereocenters. The van der Waals surface area contributed by atoms with Gasteiger partial charge in [-0.25, -0.2) is 0 Å². The minimum atomic E-state index is 0.125. The lowest BCUT2D eigenvalue weighted by atomic mass is 10.0. The zero-order valence-electron chi connectivity index (χ0n) is 11.3. The molecule has 0 radical (unpaired) electrons. The molecule has 2 aromatic rings. The van der Waals surface area contributed by atoms with Crippen LogP contribution in [0.4, 0.5) is 0 Å². The topological polar surface area (TPSA) is 29.9 Å². The third kappa shape index (κ3) is 2.37. The molecule has 1 aromatic carbocycles. The van der Waals surface area contributed by atoms with Gasteiger partial charge in [0.1, 0.15) is 0 Å². The van der Waals surface area contributed by atoms with Crippen molar-refractivity contribution in [1.82, 2.24) is 15.1 Å². The second-order valence-corrected chi connectivity index (χ2v) is 5.83. The molecule has 3 nitrogen and oxygen atoms in total. The normalized spacial score (nSPS) is 18.2. The van der Waals surface area contributed by atoms with Crippen LogP contribution in [-0.4, -0.2) is 21.2 Å². The third-order valence-electron chi connectivity index (χ3n) is 4.28. The van der Waals surface area contributed by atoms with Crippen LogP contribution in [-0.2, 0) is 13.6 Å². The molecule has 0 saturated heterocycles. The molecule has 1 aliphatic rings. The summed E-state index contributed by atoms with van der Waals surface area (Å²) in [6, 6.07) is 8.37. The molecule has 0 amide bonds. The summed E-state index contributed by atoms with van der Waals surface area (Å²) in [5, 5.41) is 9.52. The minimum absolute atomic E-state index is 0.125. The molecular formula is C15H20ClN3. The summed E-state index contributed by atoms with van der Waals surface area (Å²) in [6.45, 7) is 0.800. The van der Waals surface area contributed by atoms with Gasteiger partial charge in [-0.1, -0.05) is 31.0 Å². The number of fused-ring (bicyclic) bond motifs is 1. The Labute approximate surface area is 118 Å². The zero-order chi connectivity index (χ0) is 13.3. The minimum Gasteiger partial charge on any atom is -0.304 e. The van der Waals surface area contributed by atoms with E-state index in [4.69, 9.17) is 11.6 Å². The number of halogens is 1. The summed E-state index contributed by atoms with van der Waals surface area (Å²) in [6.07, 6.45) is 4.92. The number of nitrogens with one attached hydrogen (secondary N) is 1. The molecule has 1 aromatic heterocycles. The Hall–Kier alpha value is -1.06. The van der Waals surface area contributed by atoms with Gasteiger partial charge in [-0.15, -0.1) is 11.6 Å². The van der Waals surface area contributed by atoms with Crippen molar-refractivity contribution in [2.24, 2.45) is 7.05 Å². The van der Waals surface area contributed by atoms with E-state index in [1.54, 1.807) is 0 Å². The van der Waals surface area contributed by atoms with Gasteiger partial charge in [-0.2, -0.15) is 5.10 Å². The largest absolute Gasteiger partial charge is 0.304 e. The molecule has 3 rings (SSSR count). The van der Waals surface area contributed by atoms with Gasteiger partial charge in [0.2, 0.25) is 0 Å². The maximum absolute atomic E-state index is 6.17. The fraction of sp³-hybridized carbons (Fsp3) is 0.533. The first-order valence-electron chi connectivity index (χ1n) is 6.96. The molecule has 1 fully saturated rings.